The molecule has 0 saturated heterocycles. The predicted molar refractivity (Wildman–Crippen MR) is 124 cm³/mol. The number of nitrogens with one attached hydrogen (secondary N) is 2. The van der Waals surface area contributed by atoms with E-state index < -0.39 is 0 Å². The van der Waals surface area contributed by atoms with Crippen molar-refractivity contribution in [1.82, 2.24) is 20.4 Å². The van der Waals surface area contributed by atoms with Crippen molar-refractivity contribution in [3.8, 4) is 17.2 Å². The topological polar surface area (TPSA) is 72.7 Å². The highest BCUT2D eigenvalue weighted by Gasteiger charge is 2.08. The molecule has 164 valence electrons. The first kappa shape index (κ1) is 22.2. The fraction of sp³-hybridized carbons (Fsp3) is 0.333. The van der Waals surface area contributed by atoms with Gasteiger partial charge in [0.25, 0.3) is 0 Å². The zero-order chi connectivity index (χ0) is 22.1. The van der Waals surface area contributed by atoms with Crippen LogP contribution in [-0.4, -0.2) is 43.6 Å². The number of aryl methyl sites for hydroxylation is 2. The zero-order valence-corrected chi connectivity index (χ0v) is 18.7. The fourth-order valence-electron chi connectivity index (χ4n) is 3.34. The zero-order valence-electron chi connectivity index (χ0n) is 18.7. The van der Waals surface area contributed by atoms with Gasteiger partial charge in [-0.15, -0.1) is 0 Å². The lowest BCUT2D eigenvalue weighted by Gasteiger charge is -2.14. The lowest BCUT2D eigenvalue weighted by Crippen LogP contribution is -2.37. The van der Waals surface area contributed by atoms with Gasteiger partial charge in [0, 0.05) is 38.0 Å². The molecule has 7 nitrogen and oxygen atoms in total. The number of rotatable bonds is 9. The standard InChI is InChI=1S/C24H31N5O2/c1-18-20(17-29(28-18)21-10-6-5-7-11-21)9-8-14-26-24(25-2)27-16-19-12-13-22(30-3)15-23(19)31-4/h5-7,10-13,15,17H,8-9,14,16H2,1-4H3,(H2,25,26,27). The number of guanidine groups is 1. The Morgan fingerprint density at radius 1 is 1.03 bits per heavy atom. The normalized spacial score (nSPS) is 11.3. The van der Waals surface area contributed by atoms with Crippen molar-refractivity contribution in [3.05, 3.63) is 71.5 Å². The molecule has 0 radical (unpaired) electrons. The maximum Gasteiger partial charge on any atom is 0.191 e. The Balaban J connectivity index is 1.47. The first-order chi connectivity index (χ1) is 15.1. The molecule has 1 heterocycles. The average Bonchev–Trinajstić information content (AvgIpc) is 3.19. The Morgan fingerprint density at radius 2 is 1.84 bits per heavy atom. The highest BCUT2D eigenvalue weighted by molar-refractivity contribution is 5.79. The number of para-hydroxylation sites is 1. The Hall–Kier alpha value is -3.48. The molecule has 0 aliphatic heterocycles. The number of hydrogen-bond donors (Lipinski definition) is 2. The molecule has 2 N–H and O–H groups in total. The quantitative estimate of drug-likeness (QED) is 0.314. The molecule has 0 aliphatic rings. The average molecular weight is 422 g/mol. The maximum absolute atomic E-state index is 5.46. The van der Waals surface area contributed by atoms with Crippen molar-refractivity contribution in [2.45, 2.75) is 26.3 Å². The van der Waals surface area contributed by atoms with Gasteiger partial charge >= 0.3 is 0 Å². The smallest absolute Gasteiger partial charge is 0.191 e. The molecule has 0 bridgehead atoms. The summed E-state index contributed by atoms with van der Waals surface area (Å²) in [5.74, 6) is 2.32. The molecule has 31 heavy (non-hydrogen) atoms. The Labute approximate surface area is 184 Å². The third-order valence-electron chi connectivity index (χ3n) is 5.10. The van der Waals surface area contributed by atoms with E-state index in [1.807, 2.05) is 41.1 Å². The van der Waals surface area contributed by atoms with Gasteiger partial charge in [-0.25, -0.2) is 4.68 Å². The molecular weight excluding hydrogens is 390 g/mol. The van der Waals surface area contributed by atoms with E-state index in [-0.39, 0.29) is 0 Å². The Kier molecular flexibility index (Phi) is 7.92. The number of hydrogen-bond acceptors (Lipinski definition) is 4. The SMILES string of the molecule is CN=C(NCCCc1cn(-c2ccccc2)nc1C)NCc1ccc(OC)cc1OC. The molecule has 0 spiro atoms. The van der Waals surface area contributed by atoms with Crippen LogP contribution in [0.4, 0.5) is 0 Å². The second-order valence-corrected chi connectivity index (χ2v) is 7.15. The molecule has 3 rings (SSSR count). The summed E-state index contributed by atoms with van der Waals surface area (Å²) in [4.78, 5) is 4.31. The van der Waals surface area contributed by atoms with Crippen molar-refractivity contribution in [3.63, 3.8) is 0 Å². The van der Waals surface area contributed by atoms with Gasteiger partial charge in [-0.05, 0) is 49.6 Å². The Morgan fingerprint density at radius 3 is 2.55 bits per heavy atom. The van der Waals surface area contributed by atoms with E-state index in [4.69, 9.17) is 9.47 Å². The number of nitrogens with zero attached hydrogens (tertiary/aromatic N) is 3. The summed E-state index contributed by atoms with van der Waals surface area (Å²) in [7, 11) is 5.08. The van der Waals surface area contributed by atoms with Crippen LogP contribution in [0.1, 0.15) is 23.2 Å². The molecule has 1 aromatic heterocycles. The van der Waals surface area contributed by atoms with E-state index in [9.17, 15) is 0 Å². The van der Waals surface area contributed by atoms with Gasteiger partial charge in [-0.2, -0.15) is 5.10 Å². The number of aromatic nitrogens is 2. The fourth-order valence-corrected chi connectivity index (χ4v) is 3.34. The largest absolute Gasteiger partial charge is 0.497 e. The second kappa shape index (κ2) is 11.1. The van der Waals surface area contributed by atoms with Gasteiger partial charge < -0.3 is 20.1 Å². The molecule has 0 unspecified atom stereocenters. The molecule has 2 aromatic carbocycles. The molecule has 0 aliphatic carbocycles. The molecule has 0 saturated carbocycles. The highest BCUT2D eigenvalue weighted by Crippen LogP contribution is 2.24. The van der Waals surface area contributed by atoms with Gasteiger partial charge in [0.2, 0.25) is 0 Å². The summed E-state index contributed by atoms with van der Waals surface area (Å²) in [5, 5.41) is 11.4. The predicted octanol–water partition coefficient (Wildman–Crippen LogP) is 3.50. The van der Waals surface area contributed by atoms with Crippen LogP contribution in [-0.2, 0) is 13.0 Å². The maximum atomic E-state index is 5.46. The van der Waals surface area contributed by atoms with Gasteiger partial charge in [-0.1, -0.05) is 18.2 Å². The molecule has 7 heteroatoms. The van der Waals surface area contributed by atoms with Crippen LogP contribution in [0.2, 0.25) is 0 Å². The summed E-state index contributed by atoms with van der Waals surface area (Å²) in [6.07, 6.45) is 4.05. The molecule has 0 fully saturated rings. The van der Waals surface area contributed by atoms with Crippen LogP contribution in [0, 0.1) is 6.92 Å². The highest BCUT2D eigenvalue weighted by atomic mass is 16.5. The van der Waals surface area contributed by atoms with E-state index in [2.05, 4.69) is 46.0 Å². The minimum atomic E-state index is 0.607. The second-order valence-electron chi connectivity index (χ2n) is 7.15. The van der Waals surface area contributed by atoms with Crippen molar-refractivity contribution in [2.24, 2.45) is 4.99 Å². The first-order valence-corrected chi connectivity index (χ1v) is 10.4. The number of aliphatic imine (C=N–C) groups is 1. The third-order valence-corrected chi connectivity index (χ3v) is 5.10. The van der Waals surface area contributed by atoms with E-state index in [0.29, 0.717) is 6.54 Å². The van der Waals surface area contributed by atoms with E-state index in [0.717, 1.165) is 53.8 Å². The summed E-state index contributed by atoms with van der Waals surface area (Å²) >= 11 is 0. The Bertz CT molecular complexity index is 998. The van der Waals surface area contributed by atoms with Gasteiger partial charge in [-0.3, -0.25) is 4.99 Å². The minimum Gasteiger partial charge on any atom is -0.497 e. The lowest BCUT2D eigenvalue weighted by atomic mass is 10.1. The summed E-state index contributed by atoms with van der Waals surface area (Å²) in [5.41, 5.74) is 4.44. The van der Waals surface area contributed by atoms with Crippen LogP contribution in [0.5, 0.6) is 11.5 Å². The first-order valence-electron chi connectivity index (χ1n) is 10.4. The van der Waals surface area contributed by atoms with Gasteiger partial charge in [0.15, 0.2) is 5.96 Å². The summed E-state index contributed by atoms with van der Waals surface area (Å²) in [6, 6.07) is 16.0. The van der Waals surface area contributed by atoms with Crippen LogP contribution in [0.25, 0.3) is 5.69 Å². The number of methoxy groups -OCH3 is 2. The molecular formula is C24H31N5O2. The van der Waals surface area contributed by atoms with Crippen LogP contribution in [0.15, 0.2) is 59.7 Å². The van der Waals surface area contributed by atoms with Crippen molar-refractivity contribution < 1.29 is 9.47 Å². The lowest BCUT2D eigenvalue weighted by molar-refractivity contribution is 0.390. The van der Waals surface area contributed by atoms with E-state index in [1.54, 1.807) is 21.3 Å². The van der Waals surface area contributed by atoms with Crippen molar-refractivity contribution in [2.75, 3.05) is 27.8 Å². The number of benzene rings is 2. The van der Waals surface area contributed by atoms with Crippen LogP contribution >= 0.6 is 0 Å². The van der Waals surface area contributed by atoms with Gasteiger partial charge in [0.1, 0.15) is 11.5 Å². The summed E-state index contributed by atoms with van der Waals surface area (Å²) in [6.45, 7) is 3.48. The number of ether oxygens (including phenoxy) is 2. The van der Waals surface area contributed by atoms with Crippen molar-refractivity contribution in [1.29, 1.82) is 0 Å². The van der Waals surface area contributed by atoms with Gasteiger partial charge in [0.05, 0.1) is 25.6 Å². The third kappa shape index (κ3) is 6.01. The van der Waals surface area contributed by atoms with Crippen LogP contribution < -0.4 is 20.1 Å². The minimum absolute atomic E-state index is 0.607. The molecule has 0 atom stereocenters. The van der Waals surface area contributed by atoms with Crippen molar-refractivity contribution >= 4 is 5.96 Å². The monoisotopic (exact) mass is 421 g/mol. The molecule has 3 aromatic rings. The van der Waals surface area contributed by atoms with Crippen LogP contribution in [0.3, 0.4) is 0 Å². The van der Waals surface area contributed by atoms with E-state index in [1.165, 1.54) is 5.56 Å². The molecule has 0 amide bonds. The summed E-state index contributed by atoms with van der Waals surface area (Å²) < 4.78 is 12.7. The van der Waals surface area contributed by atoms with E-state index >= 15 is 0 Å².